The average Bonchev–Trinajstić information content (AvgIpc) is 3.09. The zero-order valence-corrected chi connectivity index (χ0v) is 14.2. The van der Waals surface area contributed by atoms with Crippen LogP contribution in [0.2, 0.25) is 0 Å². The van der Waals surface area contributed by atoms with Crippen LogP contribution in [0.5, 0.6) is 0 Å². The third-order valence-corrected chi connectivity index (χ3v) is 5.67. The average molecular weight is 311 g/mol. The van der Waals surface area contributed by atoms with E-state index in [1.54, 1.807) is 0 Å². The lowest BCUT2D eigenvalue weighted by molar-refractivity contribution is 0.00936. The third kappa shape index (κ3) is 2.36. The zero-order chi connectivity index (χ0) is 16.2. The van der Waals surface area contributed by atoms with Crippen LogP contribution in [0.3, 0.4) is 0 Å². The summed E-state index contributed by atoms with van der Waals surface area (Å²) in [6.07, 6.45) is 3.27. The van der Waals surface area contributed by atoms with Crippen molar-refractivity contribution in [2.24, 2.45) is 12.5 Å². The van der Waals surface area contributed by atoms with E-state index in [2.05, 4.69) is 29.4 Å². The Morgan fingerprint density at radius 3 is 2.65 bits per heavy atom. The molecule has 0 aliphatic carbocycles. The van der Waals surface area contributed by atoms with E-state index < -0.39 is 0 Å². The normalized spacial score (nSPS) is 20.6. The topological polar surface area (TPSA) is 28.5 Å². The summed E-state index contributed by atoms with van der Waals surface area (Å²) in [5.74, 6) is 0.185. The summed E-state index contributed by atoms with van der Waals surface area (Å²) in [6.45, 7) is 8.68. The van der Waals surface area contributed by atoms with E-state index >= 15 is 0 Å². The minimum atomic E-state index is 0.185. The van der Waals surface area contributed by atoms with Gasteiger partial charge in [-0.25, -0.2) is 0 Å². The molecule has 0 atom stereocenters. The number of carbonyl (C=O) groups is 1. The molecule has 0 unspecified atom stereocenters. The van der Waals surface area contributed by atoms with Gasteiger partial charge >= 0.3 is 0 Å². The summed E-state index contributed by atoms with van der Waals surface area (Å²) >= 11 is 0. The molecular weight excluding hydrogens is 286 g/mol. The van der Waals surface area contributed by atoms with Crippen LogP contribution in [0.1, 0.15) is 30.6 Å². The number of benzene rings is 1. The molecule has 4 heteroatoms. The van der Waals surface area contributed by atoms with Crippen molar-refractivity contribution >= 4 is 16.8 Å². The number of nitrogens with zero attached hydrogens (tertiary/aromatic N) is 3. The maximum atomic E-state index is 12.7. The molecule has 3 heterocycles. The summed E-state index contributed by atoms with van der Waals surface area (Å²) < 4.78 is 2.08. The summed E-state index contributed by atoms with van der Waals surface area (Å²) in [6, 6.07) is 8.72. The molecule has 4 rings (SSSR count). The fourth-order valence-corrected chi connectivity index (χ4v) is 4.17. The van der Waals surface area contributed by atoms with Crippen LogP contribution >= 0.6 is 0 Å². The molecular formula is C19H25N3O. The Balaban J connectivity index is 1.46. The largest absolute Gasteiger partial charge is 0.351 e. The number of rotatable bonds is 2. The van der Waals surface area contributed by atoms with Crippen molar-refractivity contribution in [1.29, 1.82) is 0 Å². The highest BCUT2D eigenvalue weighted by atomic mass is 16.2. The van der Waals surface area contributed by atoms with Crippen molar-refractivity contribution in [3.8, 4) is 0 Å². The van der Waals surface area contributed by atoms with Gasteiger partial charge in [-0.05, 0) is 51.1 Å². The zero-order valence-electron chi connectivity index (χ0n) is 14.2. The van der Waals surface area contributed by atoms with Gasteiger partial charge in [0.15, 0.2) is 0 Å². The fourth-order valence-electron chi connectivity index (χ4n) is 4.17. The number of aromatic nitrogens is 1. The van der Waals surface area contributed by atoms with Crippen LogP contribution in [0.15, 0.2) is 30.5 Å². The van der Waals surface area contributed by atoms with E-state index in [-0.39, 0.29) is 5.91 Å². The van der Waals surface area contributed by atoms with Gasteiger partial charge in [-0.2, -0.15) is 0 Å². The van der Waals surface area contributed by atoms with Gasteiger partial charge in [-0.15, -0.1) is 0 Å². The molecule has 1 aromatic carbocycles. The quantitative estimate of drug-likeness (QED) is 0.853. The molecule has 2 saturated heterocycles. The second-order valence-corrected chi connectivity index (χ2v) is 7.68. The van der Waals surface area contributed by atoms with Crippen LogP contribution in [0, 0.1) is 5.41 Å². The molecule has 1 amide bonds. The lowest BCUT2D eigenvalue weighted by Gasteiger charge is -2.48. The van der Waals surface area contributed by atoms with Crippen molar-refractivity contribution in [3.05, 3.63) is 36.0 Å². The molecule has 0 radical (unpaired) electrons. The predicted molar refractivity (Wildman–Crippen MR) is 92.6 cm³/mol. The molecule has 2 fully saturated rings. The molecule has 2 aliphatic heterocycles. The molecule has 2 aromatic rings. The summed E-state index contributed by atoms with van der Waals surface area (Å²) in [5.41, 5.74) is 2.35. The minimum absolute atomic E-state index is 0.185. The molecule has 0 N–H and O–H groups in total. The predicted octanol–water partition coefficient (Wildman–Crippen LogP) is 2.73. The standard InChI is InChI=1S/C19H25N3O/c1-14(2)21-9-7-19(11-21)12-22(13-19)18(23)16-4-5-17-15(10-16)6-8-20(17)3/h4-6,8,10,14H,7,9,11-13H2,1-3H3. The second kappa shape index (κ2) is 5.10. The molecule has 1 spiro atoms. The van der Waals surface area contributed by atoms with Gasteiger partial charge in [-0.3, -0.25) is 4.79 Å². The SMILES string of the molecule is CC(C)N1CCC2(CN(C(=O)c3ccc4c(ccn4C)c3)C2)C1. The maximum Gasteiger partial charge on any atom is 0.253 e. The Labute approximate surface area is 137 Å². The number of hydrogen-bond acceptors (Lipinski definition) is 2. The van der Waals surface area contributed by atoms with Crippen LogP contribution in [0.25, 0.3) is 10.9 Å². The van der Waals surface area contributed by atoms with Gasteiger partial charge in [0.1, 0.15) is 0 Å². The molecule has 2 aliphatic rings. The minimum Gasteiger partial charge on any atom is -0.351 e. The number of hydrogen-bond donors (Lipinski definition) is 0. The van der Waals surface area contributed by atoms with Crippen molar-refractivity contribution in [2.75, 3.05) is 26.2 Å². The van der Waals surface area contributed by atoms with Gasteiger partial charge in [0, 0.05) is 60.8 Å². The van der Waals surface area contributed by atoms with E-state index in [4.69, 9.17) is 0 Å². The summed E-state index contributed by atoms with van der Waals surface area (Å²) in [5, 5.41) is 1.14. The van der Waals surface area contributed by atoms with E-state index in [1.165, 1.54) is 18.5 Å². The Morgan fingerprint density at radius 1 is 1.17 bits per heavy atom. The summed E-state index contributed by atoms with van der Waals surface area (Å²) in [7, 11) is 2.03. The molecule has 122 valence electrons. The van der Waals surface area contributed by atoms with Crippen LogP contribution in [-0.2, 0) is 7.05 Å². The molecule has 0 bridgehead atoms. The second-order valence-electron chi connectivity index (χ2n) is 7.68. The Bertz CT molecular complexity index is 755. The van der Waals surface area contributed by atoms with Gasteiger partial charge in [-0.1, -0.05) is 0 Å². The highest BCUT2D eigenvalue weighted by Gasteiger charge is 2.49. The fraction of sp³-hybridized carbons (Fsp3) is 0.526. The highest BCUT2D eigenvalue weighted by molar-refractivity contribution is 5.98. The molecule has 4 nitrogen and oxygen atoms in total. The van der Waals surface area contributed by atoms with E-state index in [0.717, 1.165) is 30.6 Å². The van der Waals surface area contributed by atoms with Crippen molar-refractivity contribution < 1.29 is 4.79 Å². The van der Waals surface area contributed by atoms with Crippen molar-refractivity contribution in [3.63, 3.8) is 0 Å². The summed E-state index contributed by atoms with van der Waals surface area (Å²) in [4.78, 5) is 17.3. The van der Waals surface area contributed by atoms with Crippen molar-refractivity contribution in [1.82, 2.24) is 14.4 Å². The van der Waals surface area contributed by atoms with Gasteiger partial charge < -0.3 is 14.4 Å². The van der Waals surface area contributed by atoms with E-state index in [9.17, 15) is 4.79 Å². The number of fused-ring (bicyclic) bond motifs is 1. The number of likely N-dealkylation sites (tertiary alicyclic amines) is 2. The number of amides is 1. The first-order valence-electron chi connectivity index (χ1n) is 8.56. The van der Waals surface area contributed by atoms with Crippen LogP contribution in [0.4, 0.5) is 0 Å². The van der Waals surface area contributed by atoms with Gasteiger partial charge in [0.2, 0.25) is 0 Å². The molecule has 1 aromatic heterocycles. The van der Waals surface area contributed by atoms with Crippen molar-refractivity contribution in [2.45, 2.75) is 26.3 Å². The first kappa shape index (κ1) is 14.8. The number of aryl methyl sites for hydroxylation is 1. The van der Waals surface area contributed by atoms with Crippen LogP contribution in [-0.4, -0.2) is 52.5 Å². The van der Waals surface area contributed by atoms with Gasteiger partial charge in [0.25, 0.3) is 5.91 Å². The molecule has 23 heavy (non-hydrogen) atoms. The number of carbonyl (C=O) groups excluding carboxylic acids is 1. The lowest BCUT2D eigenvalue weighted by atomic mass is 9.78. The lowest BCUT2D eigenvalue weighted by Crippen LogP contribution is -2.59. The van der Waals surface area contributed by atoms with Gasteiger partial charge in [0.05, 0.1) is 0 Å². The smallest absolute Gasteiger partial charge is 0.253 e. The maximum absolute atomic E-state index is 12.7. The van der Waals surface area contributed by atoms with E-state index in [1.807, 2.05) is 36.3 Å². The monoisotopic (exact) mass is 311 g/mol. The Kier molecular flexibility index (Phi) is 3.27. The Morgan fingerprint density at radius 2 is 1.96 bits per heavy atom. The first-order chi connectivity index (χ1) is 11.0. The molecule has 0 saturated carbocycles. The first-order valence-corrected chi connectivity index (χ1v) is 8.56. The highest BCUT2D eigenvalue weighted by Crippen LogP contribution is 2.40. The third-order valence-electron chi connectivity index (χ3n) is 5.67. The van der Waals surface area contributed by atoms with E-state index in [0.29, 0.717) is 11.5 Å². The van der Waals surface area contributed by atoms with Crippen LogP contribution < -0.4 is 0 Å². The Hall–Kier alpha value is -1.81.